The van der Waals surface area contributed by atoms with Crippen molar-refractivity contribution in [2.45, 2.75) is 152 Å². The van der Waals surface area contributed by atoms with Gasteiger partial charge in [-0.05, 0) is 86.3 Å². The Hall–Kier alpha value is -6.06. The predicted molar refractivity (Wildman–Crippen MR) is 257 cm³/mol. The zero-order valence-corrected chi connectivity index (χ0v) is 41.4. The van der Waals surface area contributed by atoms with Crippen LogP contribution >= 0.6 is 0 Å². The van der Waals surface area contributed by atoms with Gasteiger partial charge in [-0.3, -0.25) is 24.0 Å². The summed E-state index contributed by atoms with van der Waals surface area (Å²) in [6.07, 6.45) is 3.28. The van der Waals surface area contributed by atoms with Crippen molar-refractivity contribution in [1.82, 2.24) is 26.2 Å². The normalized spacial score (nSPS) is 14.2. The minimum Gasteiger partial charge on any atom is -0.478 e. The van der Waals surface area contributed by atoms with Crippen LogP contribution in [0.4, 0.5) is 16.2 Å². The molecule has 0 bridgehead atoms. The summed E-state index contributed by atoms with van der Waals surface area (Å²) < 4.78 is 0. The molecule has 0 spiro atoms. The Balaban J connectivity index is 2.02. The SMILES string of the molecule is CC(=O)CCCCC(=O)N[C@H](C(=O)N[C@@H](C)C(=O)Nc1ccc(CNC(=O)Nc2cccc(C(C)(C)[C@H](C)C(=O)NC(C(=O)N(C)[C@H](/C=C(\C)C(=O)O)C(C)C)C(C)(C)C)c2)cc1)C(C)C. The van der Waals surface area contributed by atoms with Crippen LogP contribution in [0.15, 0.2) is 60.2 Å². The van der Waals surface area contributed by atoms with Crippen LogP contribution in [-0.4, -0.2) is 88.5 Å². The molecular formula is C50H75N7O9. The average molecular weight is 918 g/mol. The summed E-state index contributed by atoms with van der Waals surface area (Å²) in [7, 11) is 1.62. The maximum atomic E-state index is 14.0. The highest BCUT2D eigenvalue weighted by atomic mass is 16.4. The van der Waals surface area contributed by atoms with Gasteiger partial charge in [-0.15, -0.1) is 0 Å². The summed E-state index contributed by atoms with van der Waals surface area (Å²) >= 11 is 0. The highest BCUT2D eigenvalue weighted by Crippen LogP contribution is 2.34. The molecule has 0 aliphatic carbocycles. The third-order valence-electron chi connectivity index (χ3n) is 11.9. The van der Waals surface area contributed by atoms with Crippen molar-refractivity contribution < 1.29 is 43.5 Å². The van der Waals surface area contributed by atoms with Crippen LogP contribution in [0, 0.1) is 23.2 Å². The molecule has 0 heterocycles. The van der Waals surface area contributed by atoms with E-state index in [9.17, 15) is 43.5 Å². The number of Topliss-reactive ketones (excluding diaryl/α,β-unsaturated/α-hetero) is 1. The molecular weight excluding hydrogens is 843 g/mol. The minimum atomic E-state index is -1.07. The maximum absolute atomic E-state index is 14.0. The second-order valence-corrected chi connectivity index (χ2v) is 19.6. The Morgan fingerprint density at radius 3 is 1.86 bits per heavy atom. The first kappa shape index (κ1) is 56.1. The zero-order valence-electron chi connectivity index (χ0n) is 41.4. The molecule has 2 aromatic rings. The monoisotopic (exact) mass is 918 g/mol. The first-order valence-corrected chi connectivity index (χ1v) is 22.7. The van der Waals surface area contributed by atoms with Gasteiger partial charge >= 0.3 is 12.0 Å². The topological polar surface area (TPSA) is 232 Å². The number of carbonyl (C=O) groups is 8. The summed E-state index contributed by atoms with van der Waals surface area (Å²) in [4.78, 5) is 104. The molecule has 364 valence electrons. The van der Waals surface area contributed by atoms with Gasteiger partial charge in [0.25, 0.3) is 0 Å². The molecule has 1 unspecified atom stereocenters. The van der Waals surface area contributed by atoms with Crippen LogP contribution in [-0.2, 0) is 45.5 Å². The molecule has 66 heavy (non-hydrogen) atoms. The number of unbranched alkanes of at least 4 members (excludes halogenated alkanes) is 1. The lowest BCUT2D eigenvalue weighted by molar-refractivity contribution is -0.141. The fourth-order valence-electron chi connectivity index (χ4n) is 7.04. The Kier molecular flexibility index (Phi) is 21.3. The molecule has 0 radical (unpaired) electrons. The van der Waals surface area contributed by atoms with Crippen molar-refractivity contribution >= 4 is 58.7 Å². The molecule has 16 nitrogen and oxygen atoms in total. The van der Waals surface area contributed by atoms with Gasteiger partial charge in [0.05, 0.1) is 6.04 Å². The number of rotatable bonds is 23. The van der Waals surface area contributed by atoms with E-state index in [-0.39, 0.29) is 53.9 Å². The van der Waals surface area contributed by atoms with E-state index >= 15 is 0 Å². The number of benzene rings is 2. The Morgan fingerprint density at radius 1 is 0.712 bits per heavy atom. The van der Waals surface area contributed by atoms with Gasteiger partial charge < -0.3 is 46.7 Å². The molecule has 5 atom stereocenters. The summed E-state index contributed by atoms with van der Waals surface area (Å²) in [5, 5.41) is 26.3. The second kappa shape index (κ2) is 25.0. The number of hydrogen-bond donors (Lipinski definition) is 7. The van der Waals surface area contributed by atoms with Gasteiger partial charge in [-0.2, -0.15) is 0 Å². The third-order valence-corrected chi connectivity index (χ3v) is 11.9. The number of nitrogens with zero attached hydrogens (tertiary/aromatic N) is 1. The van der Waals surface area contributed by atoms with E-state index in [1.54, 1.807) is 83.3 Å². The first-order chi connectivity index (χ1) is 30.6. The molecule has 0 saturated heterocycles. The molecule has 0 aliphatic heterocycles. The van der Waals surface area contributed by atoms with E-state index in [0.717, 1.165) is 11.1 Å². The van der Waals surface area contributed by atoms with Crippen molar-refractivity contribution in [3.05, 3.63) is 71.3 Å². The van der Waals surface area contributed by atoms with Gasteiger partial charge in [0.15, 0.2) is 0 Å². The van der Waals surface area contributed by atoms with Crippen molar-refractivity contribution in [3.8, 4) is 0 Å². The number of carboxylic acid groups (broad SMARTS) is 1. The van der Waals surface area contributed by atoms with E-state index in [1.165, 1.54) is 18.7 Å². The van der Waals surface area contributed by atoms with E-state index in [4.69, 9.17) is 0 Å². The van der Waals surface area contributed by atoms with E-state index in [0.29, 0.717) is 30.6 Å². The summed E-state index contributed by atoms with van der Waals surface area (Å²) in [6, 6.07) is 10.4. The number of aliphatic carboxylic acids is 1. The number of urea groups is 1. The summed E-state index contributed by atoms with van der Waals surface area (Å²) in [5.74, 6) is -3.86. The molecule has 7 N–H and O–H groups in total. The highest BCUT2D eigenvalue weighted by molar-refractivity contribution is 5.98. The molecule has 16 heteroatoms. The number of anilines is 2. The number of likely N-dealkylation sites (N-methyl/N-ethyl adjacent to an activating group) is 1. The van der Waals surface area contributed by atoms with Gasteiger partial charge in [-0.1, -0.05) is 99.6 Å². The Morgan fingerprint density at radius 2 is 1.32 bits per heavy atom. The minimum absolute atomic E-state index is 0.0601. The number of hydrogen-bond acceptors (Lipinski definition) is 8. The molecule has 7 amide bonds. The van der Waals surface area contributed by atoms with Crippen LogP contribution in [0.3, 0.4) is 0 Å². The summed E-state index contributed by atoms with van der Waals surface area (Å²) in [5.41, 5.74) is 1.21. The number of ketones is 1. The molecule has 0 aromatic heterocycles. The Labute approximate surface area is 391 Å². The molecule has 2 aromatic carbocycles. The number of nitrogens with one attached hydrogen (secondary N) is 6. The highest BCUT2D eigenvalue weighted by Gasteiger charge is 2.40. The van der Waals surface area contributed by atoms with Crippen LogP contribution < -0.4 is 31.9 Å². The first-order valence-electron chi connectivity index (χ1n) is 22.7. The summed E-state index contributed by atoms with van der Waals surface area (Å²) in [6.45, 7) is 23.3. The van der Waals surface area contributed by atoms with Crippen LogP contribution in [0.25, 0.3) is 0 Å². The van der Waals surface area contributed by atoms with Crippen LogP contribution in [0.5, 0.6) is 0 Å². The fraction of sp³-hybridized carbons (Fsp3) is 0.560. The molecule has 2 rings (SSSR count). The molecule has 0 saturated carbocycles. The van der Waals surface area contributed by atoms with Crippen LogP contribution in [0.2, 0.25) is 0 Å². The third kappa shape index (κ3) is 17.4. The fourth-order valence-corrected chi connectivity index (χ4v) is 7.04. The smallest absolute Gasteiger partial charge is 0.331 e. The lowest BCUT2D eigenvalue weighted by Crippen LogP contribution is -2.58. The number of amides is 7. The second-order valence-electron chi connectivity index (χ2n) is 19.6. The van der Waals surface area contributed by atoms with Crippen molar-refractivity contribution in [1.29, 1.82) is 0 Å². The number of carboxylic acids is 1. The molecule has 0 aliphatic rings. The van der Waals surface area contributed by atoms with Crippen LogP contribution in [0.1, 0.15) is 127 Å². The standard InChI is InChI=1S/C50H75N7O9/c1-29(2)39(26-31(5)47(64)65)57(14)46(63)42(49(9,10)11)56-43(60)33(7)50(12,13)36-19-17-20-38(27-36)54-48(66)51-28-35-22-24-37(25-23-35)53-44(61)34(8)52-45(62)41(30(3)4)55-40(59)21-16-15-18-32(6)58/h17,19-20,22-27,29-30,33-34,39,41-42H,15-16,18,21,28H2,1-14H3,(H,52,62)(H,53,61)(H,55,59)(H,56,60)(H,64,65)(H2,51,54,66)/b31-26+/t33-,34+,39-,41+,42?/m1/s1. The quantitative estimate of drug-likeness (QED) is 0.0464. The predicted octanol–water partition coefficient (Wildman–Crippen LogP) is 6.70. The Bertz CT molecular complexity index is 2070. The van der Waals surface area contributed by atoms with Gasteiger partial charge in [0.1, 0.15) is 23.9 Å². The zero-order chi connectivity index (χ0) is 50.3. The average Bonchev–Trinajstić information content (AvgIpc) is 3.23. The largest absolute Gasteiger partial charge is 0.478 e. The maximum Gasteiger partial charge on any atom is 0.331 e. The van der Waals surface area contributed by atoms with Crippen molar-refractivity contribution in [2.24, 2.45) is 23.2 Å². The van der Waals surface area contributed by atoms with E-state index in [2.05, 4.69) is 31.9 Å². The van der Waals surface area contributed by atoms with Gasteiger partial charge in [0.2, 0.25) is 29.5 Å². The van der Waals surface area contributed by atoms with Gasteiger partial charge in [0, 0.05) is 54.7 Å². The van der Waals surface area contributed by atoms with E-state index < -0.39 is 64.7 Å². The van der Waals surface area contributed by atoms with Gasteiger partial charge in [-0.25, -0.2) is 9.59 Å². The van der Waals surface area contributed by atoms with E-state index in [1.807, 2.05) is 54.5 Å². The van der Waals surface area contributed by atoms with Crippen molar-refractivity contribution in [2.75, 3.05) is 17.7 Å². The van der Waals surface area contributed by atoms with Crippen molar-refractivity contribution in [3.63, 3.8) is 0 Å². The molecule has 0 fully saturated rings. The lowest BCUT2D eigenvalue weighted by atomic mass is 9.73. The lowest BCUT2D eigenvalue weighted by Gasteiger charge is -2.39. The number of carbonyl (C=O) groups excluding carboxylic acids is 7.